The average Bonchev–Trinajstić information content (AvgIpc) is 3.08. The Bertz CT molecular complexity index is 875. The maximum atomic E-state index is 4.38. The van der Waals surface area contributed by atoms with E-state index in [4.69, 9.17) is 0 Å². The Labute approximate surface area is 149 Å². The molecular weight excluding hydrogens is 308 g/mol. The number of likely N-dealkylation sites (tertiary alicyclic amines) is 1. The van der Waals surface area contributed by atoms with Crippen molar-refractivity contribution < 1.29 is 0 Å². The van der Waals surface area contributed by atoms with Crippen LogP contribution in [0.2, 0.25) is 0 Å². The van der Waals surface area contributed by atoms with Crippen molar-refractivity contribution in [1.82, 2.24) is 19.9 Å². The number of rotatable bonds is 4. The number of piperidine rings is 1. The Balaban J connectivity index is 1.64. The van der Waals surface area contributed by atoms with Crippen molar-refractivity contribution in [1.29, 1.82) is 0 Å². The largest absolute Gasteiger partial charge is 0.303 e. The van der Waals surface area contributed by atoms with Crippen LogP contribution in [-0.4, -0.2) is 39.5 Å². The minimum absolute atomic E-state index is 0.940. The fraction of sp³-hybridized carbons (Fsp3) is 0.429. The quantitative estimate of drug-likeness (QED) is 0.721. The summed E-state index contributed by atoms with van der Waals surface area (Å²) < 4.78 is 1.96. The van der Waals surface area contributed by atoms with Crippen molar-refractivity contribution in [2.75, 3.05) is 19.6 Å². The zero-order valence-corrected chi connectivity index (χ0v) is 15.2. The molecule has 4 rings (SSSR count). The summed E-state index contributed by atoms with van der Waals surface area (Å²) in [6.45, 7) is 8.10. The second kappa shape index (κ2) is 6.96. The molecule has 0 aliphatic carbocycles. The van der Waals surface area contributed by atoms with E-state index < -0.39 is 0 Å². The maximum absolute atomic E-state index is 4.38. The lowest BCUT2D eigenvalue weighted by Gasteiger charge is -2.26. The molecule has 0 atom stereocenters. The summed E-state index contributed by atoms with van der Waals surface area (Å²) in [4.78, 5) is 2.61. The zero-order valence-electron chi connectivity index (χ0n) is 15.2. The lowest BCUT2D eigenvalue weighted by molar-refractivity contribution is 0.231. The van der Waals surface area contributed by atoms with Gasteiger partial charge < -0.3 is 4.90 Å². The standard InChI is InChI=1S/C21H26N4/c1-16-14-19(25-21-9-5-4-8-20(21)22-23-25)15-18(17(16)2)10-13-24-11-6-3-7-12-24/h4-5,8-9,14-15H,3,6-7,10-13H2,1-2H3. The molecule has 3 aromatic rings. The summed E-state index contributed by atoms with van der Waals surface area (Å²) in [5.74, 6) is 0. The third kappa shape index (κ3) is 3.31. The Morgan fingerprint density at radius 3 is 2.64 bits per heavy atom. The van der Waals surface area contributed by atoms with Gasteiger partial charge in [0.2, 0.25) is 0 Å². The van der Waals surface area contributed by atoms with Crippen LogP contribution in [0.5, 0.6) is 0 Å². The first kappa shape index (κ1) is 16.3. The van der Waals surface area contributed by atoms with E-state index in [1.165, 1.54) is 49.0 Å². The number of fused-ring (bicyclic) bond motifs is 1. The molecule has 0 amide bonds. The molecular formula is C21H26N4. The number of hydrogen-bond donors (Lipinski definition) is 0. The first-order valence-corrected chi connectivity index (χ1v) is 9.36. The Morgan fingerprint density at radius 2 is 1.80 bits per heavy atom. The van der Waals surface area contributed by atoms with Crippen LogP contribution in [-0.2, 0) is 6.42 Å². The first-order valence-electron chi connectivity index (χ1n) is 9.36. The van der Waals surface area contributed by atoms with Crippen molar-refractivity contribution in [3.63, 3.8) is 0 Å². The summed E-state index contributed by atoms with van der Waals surface area (Å²) in [5, 5.41) is 8.68. The van der Waals surface area contributed by atoms with E-state index >= 15 is 0 Å². The predicted molar refractivity (Wildman–Crippen MR) is 102 cm³/mol. The topological polar surface area (TPSA) is 34.0 Å². The van der Waals surface area contributed by atoms with Gasteiger partial charge in [0.15, 0.2) is 0 Å². The molecule has 2 heterocycles. The van der Waals surface area contributed by atoms with Gasteiger partial charge in [0, 0.05) is 6.54 Å². The molecule has 0 saturated carbocycles. The molecule has 1 aliphatic rings. The van der Waals surface area contributed by atoms with Crippen LogP contribution in [0.25, 0.3) is 16.7 Å². The highest BCUT2D eigenvalue weighted by Gasteiger charge is 2.13. The van der Waals surface area contributed by atoms with E-state index in [2.05, 4.69) is 47.3 Å². The highest BCUT2D eigenvalue weighted by Crippen LogP contribution is 2.23. The molecule has 0 bridgehead atoms. The number of benzene rings is 2. The smallest absolute Gasteiger partial charge is 0.113 e. The van der Waals surface area contributed by atoms with Gasteiger partial charge in [0.25, 0.3) is 0 Å². The average molecular weight is 334 g/mol. The van der Waals surface area contributed by atoms with Crippen LogP contribution in [0.4, 0.5) is 0 Å². The molecule has 25 heavy (non-hydrogen) atoms. The zero-order chi connectivity index (χ0) is 17.2. The minimum atomic E-state index is 0.940. The molecule has 4 heteroatoms. The molecule has 1 aliphatic heterocycles. The Kier molecular flexibility index (Phi) is 4.53. The van der Waals surface area contributed by atoms with E-state index in [9.17, 15) is 0 Å². The predicted octanol–water partition coefficient (Wildman–Crippen LogP) is 4.07. The van der Waals surface area contributed by atoms with E-state index in [1.807, 2.05) is 22.9 Å². The van der Waals surface area contributed by atoms with Crippen molar-refractivity contribution >= 4 is 11.0 Å². The minimum Gasteiger partial charge on any atom is -0.303 e. The number of hydrogen-bond acceptors (Lipinski definition) is 3. The monoisotopic (exact) mass is 334 g/mol. The lowest BCUT2D eigenvalue weighted by Crippen LogP contribution is -2.31. The number of para-hydroxylation sites is 1. The lowest BCUT2D eigenvalue weighted by atomic mass is 9.99. The van der Waals surface area contributed by atoms with E-state index in [-0.39, 0.29) is 0 Å². The molecule has 2 aromatic carbocycles. The van der Waals surface area contributed by atoms with Crippen LogP contribution in [0.3, 0.4) is 0 Å². The van der Waals surface area contributed by atoms with Gasteiger partial charge in [-0.05, 0) is 87.2 Å². The summed E-state index contributed by atoms with van der Waals surface area (Å²) in [6, 6.07) is 12.7. The van der Waals surface area contributed by atoms with Crippen molar-refractivity contribution in [2.45, 2.75) is 39.5 Å². The van der Waals surface area contributed by atoms with Crippen LogP contribution >= 0.6 is 0 Å². The van der Waals surface area contributed by atoms with Crippen molar-refractivity contribution in [2.24, 2.45) is 0 Å². The molecule has 1 saturated heterocycles. The molecule has 1 fully saturated rings. The molecule has 0 radical (unpaired) electrons. The SMILES string of the molecule is Cc1cc(-n2nnc3ccccc32)cc(CCN2CCCCC2)c1C. The Hall–Kier alpha value is -2.20. The van der Waals surface area contributed by atoms with E-state index in [0.29, 0.717) is 0 Å². The molecule has 130 valence electrons. The van der Waals surface area contributed by atoms with Gasteiger partial charge in [-0.3, -0.25) is 0 Å². The van der Waals surface area contributed by atoms with Gasteiger partial charge in [0.1, 0.15) is 5.52 Å². The van der Waals surface area contributed by atoms with Gasteiger partial charge in [-0.25, -0.2) is 4.68 Å². The molecule has 0 unspecified atom stereocenters. The first-order chi connectivity index (χ1) is 12.2. The van der Waals surface area contributed by atoms with Crippen molar-refractivity contribution in [3.05, 3.63) is 53.1 Å². The summed E-state index contributed by atoms with van der Waals surface area (Å²) >= 11 is 0. The fourth-order valence-corrected chi connectivity index (χ4v) is 3.81. The summed E-state index contributed by atoms with van der Waals surface area (Å²) in [6.07, 6.45) is 5.20. The highest BCUT2D eigenvalue weighted by atomic mass is 15.4. The van der Waals surface area contributed by atoms with Crippen LogP contribution in [0.1, 0.15) is 36.0 Å². The van der Waals surface area contributed by atoms with Gasteiger partial charge in [0.05, 0.1) is 11.2 Å². The van der Waals surface area contributed by atoms with Crippen LogP contribution < -0.4 is 0 Å². The van der Waals surface area contributed by atoms with E-state index in [1.54, 1.807) is 0 Å². The Morgan fingerprint density at radius 1 is 1.00 bits per heavy atom. The maximum Gasteiger partial charge on any atom is 0.113 e. The summed E-state index contributed by atoms with van der Waals surface area (Å²) in [5.41, 5.74) is 7.28. The molecule has 4 nitrogen and oxygen atoms in total. The third-order valence-electron chi connectivity index (χ3n) is 5.50. The fourth-order valence-electron chi connectivity index (χ4n) is 3.81. The molecule has 1 aromatic heterocycles. The second-order valence-electron chi connectivity index (χ2n) is 7.19. The van der Waals surface area contributed by atoms with Crippen LogP contribution in [0.15, 0.2) is 36.4 Å². The van der Waals surface area contributed by atoms with Gasteiger partial charge in [-0.1, -0.05) is 23.8 Å². The number of aromatic nitrogens is 3. The second-order valence-corrected chi connectivity index (χ2v) is 7.19. The van der Waals surface area contributed by atoms with E-state index in [0.717, 1.165) is 29.7 Å². The highest BCUT2D eigenvalue weighted by molar-refractivity contribution is 5.76. The van der Waals surface area contributed by atoms with Gasteiger partial charge in [-0.15, -0.1) is 5.10 Å². The van der Waals surface area contributed by atoms with Gasteiger partial charge in [-0.2, -0.15) is 0 Å². The number of nitrogens with zero attached hydrogens (tertiary/aromatic N) is 4. The summed E-state index contributed by atoms with van der Waals surface area (Å²) in [7, 11) is 0. The number of aryl methyl sites for hydroxylation is 1. The van der Waals surface area contributed by atoms with Crippen LogP contribution in [0, 0.1) is 13.8 Å². The third-order valence-corrected chi connectivity index (χ3v) is 5.50. The van der Waals surface area contributed by atoms with Gasteiger partial charge >= 0.3 is 0 Å². The van der Waals surface area contributed by atoms with Crippen molar-refractivity contribution in [3.8, 4) is 5.69 Å². The molecule has 0 N–H and O–H groups in total. The normalized spacial score (nSPS) is 15.8. The molecule has 0 spiro atoms.